The normalized spacial score (nSPS) is 13.8. The Morgan fingerprint density at radius 1 is 1.32 bits per heavy atom. The van der Waals surface area contributed by atoms with Crippen LogP contribution in [-0.2, 0) is 12.8 Å². The minimum absolute atomic E-state index is 0.785. The molecule has 1 aromatic rings. The third kappa shape index (κ3) is 4.26. The molecule has 0 saturated heterocycles. The van der Waals surface area contributed by atoms with E-state index in [0.717, 1.165) is 49.7 Å². The Bertz CT molecular complexity index is 443. The summed E-state index contributed by atoms with van der Waals surface area (Å²) >= 11 is 6.14. The summed E-state index contributed by atoms with van der Waals surface area (Å²) in [7, 11) is 0. The molecule has 1 aliphatic heterocycles. The Hall–Kier alpha value is -0.990. The van der Waals surface area contributed by atoms with Gasteiger partial charge in [0.15, 0.2) is 0 Å². The zero-order chi connectivity index (χ0) is 13.5. The summed E-state index contributed by atoms with van der Waals surface area (Å²) in [5, 5.41) is 4.20. The predicted molar refractivity (Wildman–Crippen MR) is 81.3 cm³/mol. The van der Waals surface area contributed by atoms with E-state index < -0.39 is 0 Å². The van der Waals surface area contributed by atoms with E-state index in [1.54, 1.807) is 0 Å². The molecular weight excluding hydrogens is 258 g/mol. The van der Waals surface area contributed by atoms with Gasteiger partial charge in [0, 0.05) is 11.4 Å². The van der Waals surface area contributed by atoms with Gasteiger partial charge in [-0.3, -0.25) is 0 Å². The summed E-state index contributed by atoms with van der Waals surface area (Å²) in [6, 6.07) is 4.04. The van der Waals surface area contributed by atoms with Crippen LogP contribution in [0.25, 0.3) is 0 Å². The molecule has 1 N–H and O–H groups in total. The van der Waals surface area contributed by atoms with Crippen LogP contribution < -0.4 is 10.1 Å². The first kappa shape index (κ1) is 14.4. The third-order valence-electron chi connectivity index (χ3n) is 3.24. The lowest BCUT2D eigenvalue weighted by atomic mass is 10.1. The number of rotatable bonds is 7. The van der Waals surface area contributed by atoms with Gasteiger partial charge in [0.2, 0.25) is 0 Å². The highest BCUT2D eigenvalue weighted by atomic mass is 35.5. The Morgan fingerprint density at radius 3 is 3.05 bits per heavy atom. The standard InChI is InChI=1S/C16H22ClNO/c1-2-8-18-9-5-3-4-6-13-11-15(17)12-14-7-10-19-16(13)14/h3-4,11-12,18H,2,5-10H2,1H3/b4-3+. The quantitative estimate of drug-likeness (QED) is 0.606. The molecule has 1 aliphatic rings. The summed E-state index contributed by atoms with van der Waals surface area (Å²) in [5.41, 5.74) is 2.46. The van der Waals surface area contributed by atoms with E-state index in [9.17, 15) is 0 Å². The molecule has 3 heteroatoms. The van der Waals surface area contributed by atoms with E-state index in [-0.39, 0.29) is 0 Å². The molecule has 0 unspecified atom stereocenters. The van der Waals surface area contributed by atoms with Crippen molar-refractivity contribution in [2.75, 3.05) is 19.7 Å². The fourth-order valence-corrected chi connectivity index (χ4v) is 2.58. The molecule has 0 amide bonds. The molecule has 0 atom stereocenters. The van der Waals surface area contributed by atoms with Gasteiger partial charge in [-0.1, -0.05) is 30.7 Å². The number of nitrogens with one attached hydrogen (secondary N) is 1. The maximum absolute atomic E-state index is 6.14. The van der Waals surface area contributed by atoms with Crippen molar-refractivity contribution >= 4 is 11.6 Å². The summed E-state index contributed by atoms with van der Waals surface area (Å²) in [6.07, 6.45) is 8.58. The van der Waals surface area contributed by atoms with Crippen LogP contribution in [0.3, 0.4) is 0 Å². The average Bonchev–Trinajstić information content (AvgIpc) is 2.85. The molecule has 0 saturated carbocycles. The second kappa shape index (κ2) is 7.56. The maximum atomic E-state index is 6.14. The van der Waals surface area contributed by atoms with Crippen LogP contribution in [0.15, 0.2) is 24.3 Å². The molecule has 2 rings (SSSR count). The van der Waals surface area contributed by atoms with E-state index in [1.165, 1.54) is 17.5 Å². The fourth-order valence-electron chi connectivity index (χ4n) is 2.31. The topological polar surface area (TPSA) is 21.3 Å². The van der Waals surface area contributed by atoms with Crippen LogP contribution in [0.5, 0.6) is 5.75 Å². The number of ether oxygens (including phenoxy) is 1. The van der Waals surface area contributed by atoms with Crippen LogP contribution in [-0.4, -0.2) is 19.7 Å². The van der Waals surface area contributed by atoms with Crippen molar-refractivity contribution in [1.82, 2.24) is 5.32 Å². The Balaban J connectivity index is 1.84. The van der Waals surface area contributed by atoms with Gasteiger partial charge in [-0.05, 0) is 55.6 Å². The monoisotopic (exact) mass is 279 g/mol. The van der Waals surface area contributed by atoms with Crippen molar-refractivity contribution in [2.24, 2.45) is 0 Å². The van der Waals surface area contributed by atoms with Gasteiger partial charge in [-0.2, -0.15) is 0 Å². The van der Waals surface area contributed by atoms with E-state index in [4.69, 9.17) is 16.3 Å². The second-order valence-corrected chi connectivity index (χ2v) is 5.30. The van der Waals surface area contributed by atoms with Gasteiger partial charge in [-0.25, -0.2) is 0 Å². The summed E-state index contributed by atoms with van der Waals surface area (Å²) < 4.78 is 5.69. The van der Waals surface area contributed by atoms with Crippen molar-refractivity contribution in [3.05, 3.63) is 40.4 Å². The van der Waals surface area contributed by atoms with Crippen LogP contribution in [0, 0.1) is 0 Å². The Morgan fingerprint density at radius 2 is 2.21 bits per heavy atom. The van der Waals surface area contributed by atoms with Gasteiger partial charge in [0.25, 0.3) is 0 Å². The molecule has 0 radical (unpaired) electrons. The van der Waals surface area contributed by atoms with Crippen LogP contribution in [0.2, 0.25) is 5.02 Å². The van der Waals surface area contributed by atoms with Gasteiger partial charge >= 0.3 is 0 Å². The molecule has 0 bridgehead atoms. The molecule has 19 heavy (non-hydrogen) atoms. The van der Waals surface area contributed by atoms with Crippen LogP contribution in [0.4, 0.5) is 0 Å². The molecule has 0 aliphatic carbocycles. The molecule has 104 valence electrons. The maximum Gasteiger partial charge on any atom is 0.126 e. The number of hydrogen-bond donors (Lipinski definition) is 1. The van der Waals surface area contributed by atoms with Crippen molar-refractivity contribution in [2.45, 2.75) is 32.6 Å². The molecular formula is C16H22ClNO. The first-order valence-electron chi connectivity index (χ1n) is 7.11. The van der Waals surface area contributed by atoms with E-state index in [2.05, 4.69) is 24.4 Å². The molecule has 1 aromatic carbocycles. The van der Waals surface area contributed by atoms with E-state index in [1.807, 2.05) is 12.1 Å². The zero-order valence-electron chi connectivity index (χ0n) is 11.5. The lowest BCUT2D eigenvalue weighted by Crippen LogP contribution is -2.15. The first-order valence-corrected chi connectivity index (χ1v) is 7.49. The molecule has 0 aromatic heterocycles. The fraction of sp³-hybridized carbons (Fsp3) is 0.500. The Labute approximate surface area is 120 Å². The number of benzene rings is 1. The molecule has 0 spiro atoms. The summed E-state index contributed by atoms with van der Waals surface area (Å²) in [4.78, 5) is 0. The highest BCUT2D eigenvalue weighted by Crippen LogP contribution is 2.33. The smallest absolute Gasteiger partial charge is 0.126 e. The van der Waals surface area contributed by atoms with E-state index in [0.29, 0.717) is 0 Å². The molecule has 2 nitrogen and oxygen atoms in total. The van der Waals surface area contributed by atoms with Gasteiger partial charge in [0.05, 0.1) is 6.61 Å². The minimum atomic E-state index is 0.785. The first-order chi connectivity index (χ1) is 9.31. The summed E-state index contributed by atoms with van der Waals surface area (Å²) in [6.45, 7) is 5.12. The predicted octanol–water partition coefficient (Wildman–Crippen LogP) is 3.76. The van der Waals surface area contributed by atoms with Crippen molar-refractivity contribution in [1.29, 1.82) is 0 Å². The summed E-state index contributed by atoms with van der Waals surface area (Å²) in [5.74, 6) is 1.05. The largest absolute Gasteiger partial charge is 0.493 e. The second-order valence-electron chi connectivity index (χ2n) is 4.87. The Kier molecular flexibility index (Phi) is 5.74. The number of fused-ring (bicyclic) bond motifs is 1. The lowest BCUT2D eigenvalue weighted by molar-refractivity contribution is 0.354. The molecule has 0 fully saturated rings. The zero-order valence-corrected chi connectivity index (χ0v) is 12.3. The highest BCUT2D eigenvalue weighted by molar-refractivity contribution is 6.30. The van der Waals surface area contributed by atoms with Gasteiger partial charge in [0.1, 0.15) is 5.75 Å². The van der Waals surface area contributed by atoms with Crippen molar-refractivity contribution < 1.29 is 4.74 Å². The van der Waals surface area contributed by atoms with Crippen LogP contribution in [0.1, 0.15) is 30.9 Å². The van der Waals surface area contributed by atoms with Crippen molar-refractivity contribution in [3.8, 4) is 5.75 Å². The van der Waals surface area contributed by atoms with Gasteiger partial charge < -0.3 is 10.1 Å². The third-order valence-corrected chi connectivity index (χ3v) is 3.46. The number of hydrogen-bond acceptors (Lipinski definition) is 2. The SMILES string of the molecule is CCCNCC/C=C/Cc1cc(Cl)cc2c1OCC2. The average molecular weight is 280 g/mol. The number of allylic oxidation sites excluding steroid dienone is 1. The van der Waals surface area contributed by atoms with Crippen LogP contribution >= 0.6 is 11.6 Å². The minimum Gasteiger partial charge on any atom is -0.493 e. The van der Waals surface area contributed by atoms with E-state index >= 15 is 0 Å². The molecule has 1 heterocycles. The lowest BCUT2D eigenvalue weighted by Gasteiger charge is -2.06. The van der Waals surface area contributed by atoms with Crippen molar-refractivity contribution in [3.63, 3.8) is 0 Å². The van der Waals surface area contributed by atoms with Gasteiger partial charge in [-0.15, -0.1) is 0 Å². The number of halogens is 1. The highest BCUT2D eigenvalue weighted by Gasteiger charge is 2.16.